The second-order valence-electron chi connectivity index (χ2n) is 3.62. The van der Waals surface area contributed by atoms with Gasteiger partial charge in [-0.2, -0.15) is 5.10 Å². The zero-order chi connectivity index (χ0) is 12.8. The van der Waals surface area contributed by atoms with Crippen LogP contribution in [0.3, 0.4) is 0 Å². The van der Waals surface area contributed by atoms with Crippen molar-refractivity contribution in [3.8, 4) is 0 Å². The topological polar surface area (TPSA) is 67.2 Å². The normalized spacial score (nSPS) is 11.1. The SMILES string of the molecule is C/C(=N/NC(=O)c1ccncc1)c1cccnc1. The van der Waals surface area contributed by atoms with Gasteiger partial charge < -0.3 is 0 Å². The molecule has 0 radical (unpaired) electrons. The van der Waals surface area contributed by atoms with Crippen LogP contribution in [0.4, 0.5) is 0 Å². The number of nitrogens with zero attached hydrogens (tertiary/aromatic N) is 3. The van der Waals surface area contributed by atoms with Crippen LogP contribution in [-0.4, -0.2) is 21.6 Å². The average Bonchev–Trinajstić information content (AvgIpc) is 2.46. The molecule has 2 aromatic rings. The number of rotatable bonds is 3. The lowest BCUT2D eigenvalue weighted by Crippen LogP contribution is -2.19. The van der Waals surface area contributed by atoms with E-state index in [1.807, 2.05) is 19.1 Å². The van der Waals surface area contributed by atoms with E-state index in [4.69, 9.17) is 0 Å². The quantitative estimate of drug-likeness (QED) is 0.655. The van der Waals surface area contributed by atoms with Gasteiger partial charge in [0.25, 0.3) is 5.91 Å². The number of amides is 1. The van der Waals surface area contributed by atoms with Crippen molar-refractivity contribution in [2.45, 2.75) is 6.92 Å². The molecule has 90 valence electrons. The second-order valence-corrected chi connectivity index (χ2v) is 3.62. The van der Waals surface area contributed by atoms with Crippen LogP contribution in [-0.2, 0) is 0 Å². The van der Waals surface area contributed by atoms with Gasteiger partial charge in [0.2, 0.25) is 0 Å². The van der Waals surface area contributed by atoms with Crippen LogP contribution < -0.4 is 5.43 Å². The predicted octanol–water partition coefficient (Wildman–Crippen LogP) is 1.63. The minimum atomic E-state index is -0.263. The third-order valence-electron chi connectivity index (χ3n) is 2.35. The molecule has 5 nitrogen and oxygen atoms in total. The predicted molar refractivity (Wildman–Crippen MR) is 68.2 cm³/mol. The van der Waals surface area contributed by atoms with Crippen molar-refractivity contribution in [2.75, 3.05) is 0 Å². The standard InChI is InChI=1S/C13H12N4O/c1-10(12-3-2-6-15-9-12)16-17-13(18)11-4-7-14-8-5-11/h2-9H,1H3,(H,17,18)/b16-10-. The van der Waals surface area contributed by atoms with E-state index in [1.165, 1.54) is 0 Å². The molecule has 0 saturated heterocycles. The minimum Gasteiger partial charge on any atom is -0.267 e. The lowest BCUT2D eigenvalue weighted by atomic mass is 10.2. The molecule has 0 spiro atoms. The third kappa shape index (κ3) is 2.98. The maximum absolute atomic E-state index is 11.7. The highest BCUT2D eigenvalue weighted by Gasteiger charge is 2.03. The van der Waals surface area contributed by atoms with E-state index in [9.17, 15) is 4.79 Å². The molecule has 1 N–H and O–H groups in total. The highest BCUT2D eigenvalue weighted by atomic mass is 16.2. The summed E-state index contributed by atoms with van der Waals surface area (Å²) in [6.07, 6.45) is 6.50. The number of carbonyl (C=O) groups is 1. The largest absolute Gasteiger partial charge is 0.271 e. The van der Waals surface area contributed by atoms with Gasteiger partial charge in [-0.05, 0) is 25.1 Å². The first-order chi connectivity index (χ1) is 8.77. The molecule has 0 aliphatic rings. The van der Waals surface area contributed by atoms with E-state index in [1.54, 1.807) is 36.9 Å². The average molecular weight is 240 g/mol. The molecular formula is C13H12N4O. The molecule has 0 aromatic carbocycles. The Morgan fingerprint density at radius 1 is 1.11 bits per heavy atom. The Balaban J connectivity index is 2.05. The first-order valence-electron chi connectivity index (χ1n) is 5.42. The van der Waals surface area contributed by atoms with E-state index < -0.39 is 0 Å². The van der Waals surface area contributed by atoms with Crippen molar-refractivity contribution in [1.29, 1.82) is 0 Å². The number of nitrogens with one attached hydrogen (secondary N) is 1. The molecule has 0 aliphatic carbocycles. The van der Waals surface area contributed by atoms with Gasteiger partial charge in [-0.25, -0.2) is 5.43 Å². The summed E-state index contributed by atoms with van der Waals surface area (Å²) in [5.41, 5.74) is 4.58. The molecule has 0 unspecified atom stereocenters. The molecular weight excluding hydrogens is 228 g/mol. The number of aromatic nitrogens is 2. The summed E-state index contributed by atoms with van der Waals surface area (Å²) in [6.45, 7) is 1.81. The fraction of sp³-hybridized carbons (Fsp3) is 0.0769. The third-order valence-corrected chi connectivity index (χ3v) is 2.35. The Bertz CT molecular complexity index is 552. The van der Waals surface area contributed by atoms with Crippen molar-refractivity contribution in [1.82, 2.24) is 15.4 Å². The second kappa shape index (κ2) is 5.67. The maximum atomic E-state index is 11.7. The number of carbonyl (C=O) groups excluding carboxylic acids is 1. The number of hydrogen-bond acceptors (Lipinski definition) is 4. The van der Waals surface area contributed by atoms with Crippen molar-refractivity contribution in [3.05, 3.63) is 60.2 Å². The fourth-order valence-corrected chi connectivity index (χ4v) is 1.34. The van der Waals surface area contributed by atoms with Crippen molar-refractivity contribution >= 4 is 11.6 Å². The van der Waals surface area contributed by atoms with E-state index >= 15 is 0 Å². The molecule has 0 aliphatic heterocycles. The lowest BCUT2D eigenvalue weighted by Gasteiger charge is -2.02. The molecule has 0 atom stereocenters. The highest BCUT2D eigenvalue weighted by Crippen LogP contribution is 1.99. The highest BCUT2D eigenvalue weighted by molar-refractivity contribution is 6.00. The molecule has 2 aromatic heterocycles. The number of pyridine rings is 2. The molecule has 0 saturated carbocycles. The lowest BCUT2D eigenvalue weighted by molar-refractivity contribution is 0.0954. The van der Waals surface area contributed by atoms with Gasteiger partial charge >= 0.3 is 0 Å². The van der Waals surface area contributed by atoms with Gasteiger partial charge in [0.15, 0.2) is 0 Å². The summed E-state index contributed by atoms with van der Waals surface area (Å²) < 4.78 is 0. The molecule has 0 fully saturated rings. The van der Waals surface area contributed by atoms with E-state index in [2.05, 4.69) is 20.5 Å². The summed E-state index contributed by atoms with van der Waals surface area (Å²) in [7, 11) is 0. The monoisotopic (exact) mass is 240 g/mol. The van der Waals surface area contributed by atoms with Crippen LogP contribution in [0.25, 0.3) is 0 Å². The number of hydrogen-bond donors (Lipinski definition) is 1. The van der Waals surface area contributed by atoms with E-state index in [0.717, 1.165) is 5.56 Å². The van der Waals surface area contributed by atoms with Crippen LogP contribution >= 0.6 is 0 Å². The van der Waals surface area contributed by atoms with Crippen LogP contribution in [0.15, 0.2) is 54.2 Å². The molecule has 5 heteroatoms. The van der Waals surface area contributed by atoms with Gasteiger partial charge in [0.1, 0.15) is 0 Å². The molecule has 1 amide bonds. The summed E-state index contributed by atoms with van der Waals surface area (Å²) >= 11 is 0. The Morgan fingerprint density at radius 2 is 1.89 bits per heavy atom. The summed E-state index contributed by atoms with van der Waals surface area (Å²) in [5.74, 6) is -0.263. The van der Waals surface area contributed by atoms with Crippen molar-refractivity contribution in [2.24, 2.45) is 5.10 Å². The smallest absolute Gasteiger partial charge is 0.267 e. The Hall–Kier alpha value is -2.56. The minimum absolute atomic E-state index is 0.263. The Kier molecular flexibility index (Phi) is 3.76. The van der Waals surface area contributed by atoms with Crippen LogP contribution in [0.1, 0.15) is 22.8 Å². The summed E-state index contributed by atoms with van der Waals surface area (Å²) in [5, 5.41) is 4.03. The number of hydrazone groups is 1. The van der Waals surface area contributed by atoms with Crippen LogP contribution in [0, 0.1) is 0 Å². The van der Waals surface area contributed by atoms with Crippen LogP contribution in [0.5, 0.6) is 0 Å². The Morgan fingerprint density at radius 3 is 2.56 bits per heavy atom. The molecule has 18 heavy (non-hydrogen) atoms. The summed E-state index contributed by atoms with van der Waals surface area (Å²) in [4.78, 5) is 19.6. The zero-order valence-electron chi connectivity index (χ0n) is 9.87. The molecule has 2 rings (SSSR count). The van der Waals surface area contributed by atoms with Crippen molar-refractivity contribution < 1.29 is 4.79 Å². The van der Waals surface area contributed by atoms with Gasteiger partial charge in [0, 0.05) is 35.9 Å². The molecule has 2 heterocycles. The first-order valence-corrected chi connectivity index (χ1v) is 5.42. The van der Waals surface area contributed by atoms with Gasteiger partial charge in [-0.15, -0.1) is 0 Å². The zero-order valence-corrected chi connectivity index (χ0v) is 9.87. The maximum Gasteiger partial charge on any atom is 0.271 e. The van der Waals surface area contributed by atoms with E-state index in [0.29, 0.717) is 11.3 Å². The van der Waals surface area contributed by atoms with Gasteiger partial charge in [-0.3, -0.25) is 14.8 Å². The fourth-order valence-electron chi connectivity index (χ4n) is 1.34. The first kappa shape index (κ1) is 11.9. The summed E-state index contributed by atoms with van der Waals surface area (Å²) in [6, 6.07) is 6.96. The Labute approximate surface area is 105 Å². The van der Waals surface area contributed by atoms with E-state index in [-0.39, 0.29) is 5.91 Å². The van der Waals surface area contributed by atoms with Crippen LogP contribution in [0.2, 0.25) is 0 Å². The molecule has 0 bridgehead atoms. The van der Waals surface area contributed by atoms with Crippen molar-refractivity contribution in [3.63, 3.8) is 0 Å². The van der Waals surface area contributed by atoms with Gasteiger partial charge in [-0.1, -0.05) is 6.07 Å². The van der Waals surface area contributed by atoms with Gasteiger partial charge in [0.05, 0.1) is 5.71 Å².